The number of carbonyl (C=O) groups is 2. The van der Waals surface area contributed by atoms with E-state index >= 15 is 0 Å². The van der Waals surface area contributed by atoms with Crippen LogP contribution in [0.25, 0.3) is 0 Å². The first-order valence-corrected chi connectivity index (χ1v) is 6.21. The molecular weight excluding hydrogens is 222 g/mol. The lowest BCUT2D eigenvalue weighted by molar-refractivity contribution is -0.319. The van der Waals surface area contributed by atoms with Crippen LogP contribution in [0.15, 0.2) is 0 Å². The van der Waals surface area contributed by atoms with Gasteiger partial charge < -0.3 is 19.5 Å². The lowest BCUT2D eigenvalue weighted by atomic mass is 9.82. The van der Waals surface area contributed by atoms with Crippen LogP contribution in [-0.4, -0.2) is 43.1 Å². The Balaban J connectivity index is 1.98. The molecule has 1 saturated heterocycles. The monoisotopic (exact) mass is 240 g/mol. The van der Waals surface area contributed by atoms with Gasteiger partial charge in [-0.15, -0.1) is 0 Å². The molecule has 1 aliphatic carbocycles. The van der Waals surface area contributed by atoms with Crippen LogP contribution in [0.5, 0.6) is 0 Å². The first-order valence-electron chi connectivity index (χ1n) is 6.21. The van der Waals surface area contributed by atoms with Crippen molar-refractivity contribution >= 4 is 11.9 Å². The molecule has 0 bridgehead atoms. The highest BCUT2D eigenvalue weighted by molar-refractivity contribution is 5.84. The maximum Gasteiger partial charge on any atom is 0.223 e. The molecule has 1 saturated carbocycles. The lowest BCUT2D eigenvalue weighted by Gasteiger charge is -2.34. The predicted octanol–water partition coefficient (Wildman–Crippen LogP) is -0.454. The summed E-state index contributed by atoms with van der Waals surface area (Å²) in [5.41, 5.74) is -0.907. The third kappa shape index (κ3) is 2.60. The molecule has 2 rings (SSSR count). The van der Waals surface area contributed by atoms with Gasteiger partial charge in [-0.25, -0.2) is 0 Å². The van der Waals surface area contributed by atoms with Gasteiger partial charge in [-0.1, -0.05) is 12.8 Å². The molecule has 1 amide bonds. The van der Waals surface area contributed by atoms with Crippen LogP contribution in [0.2, 0.25) is 0 Å². The van der Waals surface area contributed by atoms with Crippen molar-refractivity contribution in [3.8, 4) is 0 Å². The minimum Gasteiger partial charge on any atom is -0.550 e. The van der Waals surface area contributed by atoms with Gasteiger partial charge in [-0.3, -0.25) is 4.79 Å². The molecule has 0 aromatic heterocycles. The highest BCUT2D eigenvalue weighted by Crippen LogP contribution is 2.41. The number of carbonyl (C=O) groups excluding carboxylic acids is 2. The zero-order chi connectivity index (χ0) is 12.3. The predicted molar refractivity (Wildman–Crippen MR) is 57.9 cm³/mol. The quantitative estimate of drug-likeness (QED) is 0.669. The summed E-state index contributed by atoms with van der Waals surface area (Å²) in [4.78, 5) is 25.0. The Labute approximate surface area is 101 Å². The van der Waals surface area contributed by atoms with Crippen molar-refractivity contribution in [3.05, 3.63) is 0 Å². The summed E-state index contributed by atoms with van der Waals surface area (Å²) in [5, 5.41) is 11.2. The van der Waals surface area contributed by atoms with Crippen molar-refractivity contribution in [1.29, 1.82) is 0 Å². The second kappa shape index (κ2) is 5.04. The second-order valence-corrected chi connectivity index (χ2v) is 4.94. The number of rotatable bonds is 3. The standard InChI is InChI=1S/C12H19NO4/c14-10(13-5-7-17-8-6-13)9-12(11(15)16)3-1-2-4-12/h1-9H2,(H,15,16)/p-1. The molecule has 1 heterocycles. The molecule has 5 heteroatoms. The van der Waals surface area contributed by atoms with Gasteiger partial charge in [0.2, 0.25) is 5.91 Å². The molecule has 17 heavy (non-hydrogen) atoms. The number of amides is 1. The van der Waals surface area contributed by atoms with Crippen LogP contribution in [0.1, 0.15) is 32.1 Å². The van der Waals surface area contributed by atoms with Gasteiger partial charge in [0.05, 0.1) is 13.2 Å². The van der Waals surface area contributed by atoms with Gasteiger partial charge in [0.1, 0.15) is 0 Å². The molecule has 0 unspecified atom stereocenters. The molecular formula is C12H18NO4-. The van der Waals surface area contributed by atoms with E-state index in [0.717, 1.165) is 12.8 Å². The van der Waals surface area contributed by atoms with Crippen LogP contribution in [0, 0.1) is 5.41 Å². The highest BCUT2D eigenvalue weighted by Gasteiger charge is 2.38. The van der Waals surface area contributed by atoms with Crippen LogP contribution in [-0.2, 0) is 14.3 Å². The maximum absolute atomic E-state index is 12.0. The summed E-state index contributed by atoms with van der Waals surface area (Å²) < 4.78 is 5.17. The number of carboxylic acid groups (broad SMARTS) is 1. The topological polar surface area (TPSA) is 69.7 Å². The number of carboxylic acids is 1. The molecule has 0 spiro atoms. The Bertz CT molecular complexity index is 304. The summed E-state index contributed by atoms with van der Waals surface area (Å²) in [7, 11) is 0. The molecule has 96 valence electrons. The normalized spacial score (nSPS) is 23.6. The van der Waals surface area contributed by atoms with Crippen molar-refractivity contribution in [3.63, 3.8) is 0 Å². The third-order valence-corrected chi connectivity index (χ3v) is 3.85. The largest absolute Gasteiger partial charge is 0.550 e. The summed E-state index contributed by atoms with van der Waals surface area (Å²) in [6, 6.07) is 0. The van der Waals surface area contributed by atoms with Crippen LogP contribution >= 0.6 is 0 Å². The molecule has 0 aromatic rings. The smallest absolute Gasteiger partial charge is 0.223 e. The number of ether oxygens (including phenoxy) is 1. The Morgan fingerprint density at radius 1 is 1.18 bits per heavy atom. The summed E-state index contributed by atoms with van der Waals surface area (Å²) in [6.45, 7) is 2.23. The van der Waals surface area contributed by atoms with E-state index in [4.69, 9.17) is 4.74 Å². The molecule has 0 radical (unpaired) electrons. The SMILES string of the molecule is O=C(CC1(C(=O)[O-])CCCC1)N1CCOCC1. The lowest BCUT2D eigenvalue weighted by Crippen LogP contribution is -2.47. The molecule has 2 fully saturated rings. The summed E-state index contributed by atoms with van der Waals surface area (Å²) in [5.74, 6) is -1.13. The summed E-state index contributed by atoms with van der Waals surface area (Å²) >= 11 is 0. The van der Waals surface area contributed by atoms with E-state index in [9.17, 15) is 14.7 Å². The average Bonchev–Trinajstić information content (AvgIpc) is 2.80. The van der Waals surface area contributed by atoms with E-state index in [-0.39, 0.29) is 12.3 Å². The van der Waals surface area contributed by atoms with Gasteiger partial charge in [-0.2, -0.15) is 0 Å². The highest BCUT2D eigenvalue weighted by atomic mass is 16.5. The molecule has 1 aliphatic heterocycles. The number of hydrogen-bond acceptors (Lipinski definition) is 4. The molecule has 0 aromatic carbocycles. The fraction of sp³-hybridized carbons (Fsp3) is 0.833. The van der Waals surface area contributed by atoms with Crippen molar-refractivity contribution in [1.82, 2.24) is 4.90 Å². The van der Waals surface area contributed by atoms with Gasteiger partial charge >= 0.3 is 0 Å². The average molecular weight is 240 g/mol. The fourth-order valence-corrected chi connectivity index (χ4v) is 2.72. The number of aliphatic carboxylic acids is 1. The second-order valence-electron chi connectivity index (χ2n) is 4.94. The zero-order valence-corrected chi connectivity index (χ0v) is 9.94. The fourth-order valence-electron chi connectivity index (χ4n) is 2.72. The first-order chi connectivity index (χ1) is 8.14. The molecule has 0 N–H and O–H groups in total. The van der Waals surface area contributed by atoms with E-state index in [1.54, 1.807) is 4.90 Å². The van der Waals surface area contributed by atoms with Crippen molar-refractivity contribution in [2.75, 3.05) is 26.3 Å². The number of nitrogens with zero attached hydrogens (tertiary/aromatic N) is 1. The maximum atomic E-state index is 12.0. The van der Waals surface area contributed by atoms with Crippen LogP contribution in [0.4, 0.5) is 0 Å². The molecule has 0 atom stereocenters. The van der Waals surface area contributed by atoms with E-state index in [2.05, 4.69) is 0 Å². The Hall–Kier alpha value is -1.10. The van der Waals surface area contributed by atoms with Crippen molar-refractivity contribution in [2.45, 2.75) is 32.1 Å². The third-order valence-electron chi connectivity index (χ3n) is 3.85. The molecule has 2 aliphatic rings. The minimum atomic E-state index is -1.06. The van der Waals surface area contributed by atoms with Crippen LogP contribution in [0.3, 0.4) is 0 Å². The summed E-state index contributed by atoms with van der Waals surface area (Å²) in [6.07, 6.45) is 3.00. The Morgan fingerprint density at radius 2 is 1.76 bits per heavy atom. The minimum absolute atomic E-state index is 0.0700. The van der Waals surface area contributed by atoms with E-state index in [1.807, 2.05) is 0 Å². The Morgan fingerprint density at radius 3 is 2.29 bits per heavy atom. The number of hydrogen-bond donors (Lipinski definition) is 0. The van der Waals surface area contributed by atoms with Gasteiger partial charge in [0.25, 0.3) is 0 Å². The Kier molecular flexibility index (Phi) is 3.66. The number of morpholine rings is 1. The molecule has 5 nitrogen and oxygen atoms in total. The first kappa shape index (κ1) is 12.4. The van der Waals surface area contributed by atoms with Crippen LogP contribution < -0.4 is 5.11 Å². The van der Waals surface area contributed by atoms with Gasteiger partial charge in [-0.05, 0) is 12.8 Å². The van der Waals surface area contributed by atoms with Crippen molar-refractivity contribution in [2.24, 2.45) is 5.41 Å². The van der Waals surface area contributed by atoms with Gasteiger partial charge in [0.15, 0.2) is 0 Å². The zero-order valence-electron chi connectivity index (χ0n) is 9.94. The van der Waals surface area contributed by atoms with Crippen molar-refractivity contribution < 1.29 is 19.4 Å². The van der Waals surface area contributed by atoms with E-state index in [1.165, 1.54) is 0 Å². The van der Waals surface area contributed by atoms with Gasteiger partial charge in [0, 0.05) is 30.9 Å². The van der Waals surface area contributed by atoms with E-state index < -0.39 is 11.4 Å². The van der Waals surface area contributed by atoms with E-state index in [0.29, 0.717) is 39.1 Å².